The third-order valence-corrected chi connectivity index (χ3v) is 12.3. The molecule has 0 N–H and O–H groups in total. The molecular weight excluding hydrogens is 687 g/mol. The standard InChI is InChI=1S/C51H33N3S/c1-3-16-35-33(4-2)46-41-26-14-24-38(39-25-15-27-42-45-34-20-9-8-17-31(34)29-30-44(45)55-50(39)42)48(41)54(49(46)37-22-11-10-21-36(35)37)51-52-43-28-13-12-23-40(43)47(53-51)32-18-6-5-7-19-32/h3-30H,2H2,1H3/b16-3-. The van der Waals surface area contributed by atoms with E-state index >= 15 is 0 Å². The first kappa shape index (κ1) is 31.6. The molecule has 0 aliphatic carbocycles. The second-order valence-corrected chi connectivity index (χ2v) is 15.1. The zero-order chi connectivity index (χ0) is 36.6. The first-order valence-electron chi connectivity index (χ1n) is 18.7. The minimum Gasteiger partial charge on any atom is -0.277 e. The maximum Gasteiger partial charge on any atom is 0.235 e. The van der Waals surface area contributed by atoms with E-state index in [0.717, 1.165) is 71.4 Å². The van der Waals surface area contributed by atoms with E-state index < -0.39 is 0 Å². The van der Waals surface area contributed by atoms with Gasteiger partial charge in [-0.1, -0.05) is 164 Å². The molecular formula is C51H33N3S. The summed E-state index contributed by atoms with van der Waals surface area (Å²) in [5.74, 6) is 0.637. The van der Waals surface area contributed by atoms with Crippen molar-refractivity contribution in [3.8, 4) is 28.3 Å². The predicted octanol–water partition coefficient (Wildman–Crippen LogP) is 14.4. The zero-order valence-electron chi connectivity index (χ0n) is 30.1. The van der Waals surface area contributed by atoms with E-state index in [4.69, 9.17) is 9.97 Å². The van der Waals surface area contributed by atoms with Crippen molar-refractivity contribution >= 4 is 97.9 Å². The molecule has 0 saturated heterocycles. The topological polar surface area (TPSA) is 30.7 Å². The molecule has 11 rings (SSSR count). The molecule has 0 aliphatic rings. The molecule has 3 aromatic heterocycles. The Balaban J connectivity index is 1.35. The molecule has 0 atom stereocenters. The number of nitrogens with zero attached hydrogens (tertiary/aromatic N) is 3. The van der Waals surface area contributed by atoms with Crippen LogP contribution in [0.1, 0.15) is 18.1 Å². The monoisotopic (exact) mass is 719 g/mol. The maximum atomic E-state index is 5.52. The number of aromatic nitrogens is 3. The molecule has 258 valence electrons. The van der Waals surface area contributed by atoms with Gasteiger partial charge in [0.25, 0.3) is 0 Å². The molecule has 0 aliphatic heterocycles. The molecule has 3 heterocycles. The summed E-state index contributed by atoms with van der Waals surface area (Å²) in [6, 6.07) is 54.3. The normalized spacial score (nSPS) is 12.1. The third-order valence-electron chi connectivity index (χ3n) is 11.1. The Labute approximate surface area is 321 Å². The van der Waals surface area contributed by atoms with E-state index in [0.29, 0.717) is 5.95 Å². The van der Waals surface area contributed by atoms with E-state index in [1.807, 2.05) is 17.4 Å². The van der Waals surface area contributed by atoms with Crippen LogP contribution < -0.4 is 0 Å². The number of para-hydroxylation sites is 2. The maximum absolute atomic E-state index is 5.52. The van der Waals surface area contributed by atoms with Gasteiger partial charge >= 0.3 is 0 Å². The number of fused-ring (bicyclic) bond motifs is 11. The molecule has 0 fully saturated rings. The summed E-state index contributed by atoms with van der Waals surface area (Å²) in [6.07, 6.45) is 6.36. The van der Waals surface area contributed by atoms with Crippen molar-refractivity contribution in [3.63, 3.8) is 0 Å². The molecule has 0 amide bonds. The van der Waals surface area contributed by atoms with Crippen LogP contribution in [0.15, 0.2) is 164 Å². The Hall–Kier alpha value is -6.88. The van der Waals surface area contributed by atoms with Crippen LogP contribution in [0.5, 0.6) is 0 Å². The molecule has 0 unspecified atom stereocenters. The molecule has 11 aromatic rings. The van der Waals surface area contributed by atoms with Gasteiger partial charge in [-0.2, -0.15) is 0 Å². The van der Waals surface area contributed by atoms with Crippen molar-refractivity contribution < 1.29 is 0 Å². The highest BCUT2D eigenvalue weighted by atomic mass is 32.1. The van der Waals surface area contributed by atoms with E-state index in [9.17, 15) is 0 Å². The van der Waals surface area contributed by atoms with Crippen LogP contribution in [0.2, 0.25) is 0 Å². The van der Waals surface area contributed by atoms with Crippen LogP contribution in [-0.4, -0.2) is 14.5 Å². The Kier molecular flexibility index (Phi) is 7.10. The molecule has 3 nitrogen and oxygen atoms in total. The lowest BCUT2D eigenvalue weighted by atomic mass is 9.92. The summed E-state index contributed by atoms with van der Waals surface area (Å²) < 4.78 is 4.90. The smallest absolute Gasteiger partial charge is 0.235 e. The fourth-order valence-electron chi connectivity index (χ4n) is 8.81. The van der Waals surface area contributed by atoms with E-state index in [2.05, 4.69) is 182 Å². The van der Waals surface area contributed by atoms with E-state index in [1.54, 1.807) is 0 Å². The van der Waals surface area contributed by atoms with Gasteiger partial charge in [0.1, 0.15) is 0 Å². The Morgan fingerprint density at radius 3 is 2.05 bits per heavy atom. The first-order valence-corrected chi connectivity index (χ1v) is 19.5. The Morgan fingerprint density at radius 1 is 0.545 bits per heavy atom. The van der Waals surface area contributed by atoms with Crippen molar-refractivity contribution in [2.75, 3.05) is 0 Å². The highest BCUT2D eigenvalue weighted by Crippen LogP contribution is 2.48. The van der Waals surface area contributed by atoms with Crippen molar-refractivity contribution in [3.05, 3.63) is 175 Å². The third kappa shape index (κ3) is 4.62. The highest BCUT2D eigenvalue weighted by Gasteiger charge is 2.25. The van der Waals surface area contributed by atoms with Crippen molar-refractivity contribution in [2.45, 2.75) is 6.92 Å². The highest BCUT2D eigenvalue weighted by molar-refractivity contribution is 7.26. The largest absolute Gasteiger partial charge is 0.277 e. The van der Waals surface area contributed by atoms with Crippen molar-refractivity contribution in [1.29, 1.82) is 0 Å². The SMILES string of the molecule is C=Cc1c(/C=C\C)c2ccccc2c2c1c1cccc(-c3cccc4c3sc3ccc5ccccc5c34)c1n2-c1nc(-c2ccccc2)c2ccccc2n1. The van der Waals surface area contributed by atoms with Gasteiger partial charge in [-0.25, -0.2) is 9.97 Å². The van der Waals surface area contributed by atoms with Crippen LogP contribution in [-0.2, 0) is 0 Å². The fourth-order valence-corrected chi connectivity index (χ4v) is 10.1. The molecule has 55 heavy (non-hydrogen) atoms. The van der Waals surface area contributed by atoms with Gasteiger partial charge in [-0.05, 0) is 46.3 Å². The molecule has 8 aromatic carbocycles. The first-order chi connectivity index (χ1) is 27.2. The van der Waals surface area contributed by atoms with Crippen LogP contribution in [0.3, 0.4) is 0 Å². The second-order valence-electron chi connectivity index (χ2n) is 14.0. The summed E-state index contributed by atoms with van der Waals surface area (Å²) in [7, 11) is 0. The predicted molar refractivity (Wildman–Crippen MR) is 237 cm³/mol. The van der Waals surface area contributed by atoms with Crippen molar-refractivity contribution in [1.82, 2.24) is 14.5 Å². The lowest BCUT2D eigenvalue weighted by Crippen LogP contribution is -2.05. The summed E-state index contributed by atoms with van der Waals surface area (Å²) >= 11 is 1.87. The van der Waals surface area contributed by atoms with Gasteiger partial charge in [-0.15, -0.1) is 11.3 Å². The average Bonchev–Trinajstić information content (AvgIpc) is 3.81. The molecule has 0 radical (unpaired) electrons. The summed E-state index contributed by atoms with van der Waals surface area (Å²) in [5.41, 5.74) is 9.60. The summed E-state index contributed by atoms with van der Waals surface area (Å²) in [5, 5.41) is 10.7. The molecule has 0 saturated carbocycles. The van der Waals surface area contributed by atoms with Gasteiger partial charge in [0.15, 0.2) is 0 Å². The molecule has 4 heteroatoms. The molecule has 0 spiro atoms. The van der Waals surface area contributed by atoms with Gasteiger partial charge in [0, 0.05) is 58.4 Å². The fraction of sp³-hybridized carbons (Fsp3) is 0.0196. The number of thiophene rings is 1. The van der Waals surface area contributed by atoms with Gasteiger partial charge in [0.2, 0.25) is 5.95 Å². The minimum absolute atomic E-state index is 0.637. The number of benzene rings is 8. The van der Waals surface area contributed by atoms with Crippen molar-refractivity contribution in [2.24, 2.45) is 0 Å². The van der Waals surface area contributed by atoms with Crippen LogP contribution in [0, 0.1) is 0 Å². The number of rotatable bonds is 5. The number of hydrogen-bond acceptors (Lipinski definition) is 3. The van der Waals surface area contributed by atoms with E-state index in [1.165, 1.54) is 36.5 Å². The molecule has 0 bridgehead atoms. The lowest BCUT2D eigenvalue weighted by Gasteiger charge is -2.15. The quantitative estimate of drug-likeness (QED) is 0.177. The van der Waals surface area contributed by atoms with Crippen LogP contribution in [0.25, 0.3) is 115 Å². The summed E-state index contributed by atoms with van der Waals surface area (Å²) in [6.45, 7) is 6.49. The van der Waals surface area contributed by atoms with Crippen LogP contribution >= 0.6 is 11.3 Å². The van der Waals surface area contributed by atoms with Gasteiger partial charge in [-0.3, -0.25) is 4.57 Å². The lowest BCUT2D eigenvalue weighted by molar-refractivity contribution is 1.02. The minimum atomic E-state index is 0.637. The number of allylic oxidation sites excluding steroid dienone is 1. The van der Waals surface area contributed by atoms with E-state index in [-0.39, 0.29) is 0 Å². The van der Waals surface area contributed by atoms with Gasteiger partial charge < -0.3 is 0 Å². The van der Waals surface area contributed by atoms with Crippen LogP contribution in [0.4, 0.5) is 0 Å². The number of hydrogen-bond donors (Lipinski definition) is 0. The second kappa shape index (κ2) is 12.3. The Bertz CT molecular complexity index is 3400. The van der Waals surface area contributed by atoms with Gasteiger partial charge in [0.05, 0.1) is 22.2 Å². The Morgan fingerprint density at radius 2 is 1.24 bits per heavy atom. The average molecular weight is 720 g/mol. The zero-order valence-corrected chi connectivity index (χ0v) is 30.9. The summed E-state index contributed by atoms with van der Waals surface area (Å²) in [4.78, 5) is 10.9.